The fourth-order valence-electron chi connectivity index (χ4n) is 4.20. The summed E-state index contributed by atoms with van der Waals surface area (Å²) in [6.07, 6.45) is 1.60. The maximum Gasteiger partial charge on any atom is 0.407 e. The molecule has 0 spiro atoms. The normalized spacial score (nSPS) is 28.7. The molecule has 0 saturated heterocycles. The van der Waals surface area contributed by atoms with Gasteiger partial charge < -0.3 is 14.8 Å². The van der Waals surface area contributed by atoms with Gasteiger partial charge in [0.25, 0.3) is 0 Å². The number of amides is 1. The summed E-state index contributed by atoms with van der Waals surface area (Å²) in [5.74, 6) is -0.0927. The lowest BCUT2D eigenvalue weighted by molar-refractivity contribution is -0.148. The van der Waals surface area contributed by atoms with Crippen LogP contribution in [0.2, 0.25) is 25.7 Å². The number of allylic oxidation sites excluding steroid dienone is 1. The Bertz CT molecular complexity index is 534. The Kier molecular flexibility index (Phi) is 5.78. The predicted octanol–water partition coefficient (Wildman–Crippen LogP) is 3.58. The minimum absolute atomic E-state index is 0.194. The van der Waals surface area contributed by atoms with Crippen molar-refractivity contribution in [3.63, 3.8) is 0 Å². The highest BCUT2D eigenvalue weighted by Gasteiger charge is 2.55. The topological polar surface area (TPSA) is 64.6 Å². The average molecular weight is 354 g/mol. The number of esters is 1. The number of hydrogen-bond acceptors (Lipinski definition) is 4. The quantitative estimate of drug-likeness (QED) is 0.466. The van der Waals surface area contributed by atoms with Gasteiger partial charge in [0.1, 0.15) is 0 Å². The second-order valence-electron chi connectivity index (χ2n) is 8.41. The van der Waals surface area contributed by atoms with Gasteiger partial charge in [0.05, 0.1) is 25.7 Å². The Balaban J connectivity index is 2.06. The molecule has 1 N–H and O–H groups in total. The van der Waals surface area contributed by atoms with Gasteiger partial charge in [-0.05, 0) is 38.7 Å². The second-order valence-corrected chi connectivity index (χ2v) is 14.0. The molecule has 2 fully saturated rings. The number of methoxy groups -OCH3 is 1. The molecule has 0 heterocycles. The van der Waals surface area contributed by atoms with Gasteiger partial charge in [0.15, 0.2) is 0 Å². The maximum atomic E-state index is 12.3. The van der Waals surface area contributed by atoms with Gasteiger partial charge in [-0.2, -0.15) is 0 Å². The number of fused-ring (bicyclic) bond motifs is 2. The Labute approximate surface area is 146 Å². The predicted molar refractivity (Wildman–Crippen MR) is 96.5 cm³/mol. The van der Waals surface area contributed by atoms with E-state index in [-0.39, 0.29) is 29.8 Å². The average Bonchev–Trinajstić information content (AvgIpc) is 3.01. The number of hydrogen-bond donors (Lipinski definition) is 1. The molecular weight excluding hydrogens is 322 g/mol. The lowest BCUT2D eigenvalue weighted by Crippen LogP contribution is -2.47. The standard InChI is InChI=1S/C18H31NO4Si/c1-11(2)14-12-7-8-13(14)16(15(12)17(20)22-3)19-18(21)23-9-10-24(4,5)6/h12-13,15-16H,7-10H2,1-6H3,(H,19,21)/t12?,13?,15-,16?/m0/s1. The van der Waals surface area contributed by atoms with E-state index < -0.39 is 14.2 Å². The largest absolute Gasteiger partial charge is 0.469 e. The van der Waals surface area contributed by atoms with Crippen LogP contribution >= 0.6 is 0 Å². The molecule has 4 atom stereocenters. The van der Waals surface area contributed by atoms with Crippen molar-refractivity contribution in [1.82, 2.24) is 5.32 Å². The Morgan fingerprint density at radius 1 is 1.17 bits per heavy atom. The lowest BCUT2D eigenvalue weighted by Gasteiger charge is -2.29. The van der Waals surface area contributed by atoms with Gasteiger partial charge >= 0.3 is 12.1 Å². The number of ether oxygens (including phenoxy) is 2. The molecule has 3 unspecified atom stereocenters. The summed E-state index contributed by atoms with van der Waals surface area (Å²) in [6, 6.07) is 0.733. The molecule has 0 aromatic carbocycles. The van der Waals surface area contributed by atoms with Crippen LogP contribution in [0.1, 0.15) is 26.7 Å². The minimum atomic E-state index is -1.23. The van der Waals surface area contributed by atoms with Crippen molar-refractivity contribution >= 4 is 20.1 Å². The van der Waals surface area contributed by atoms with Crippen LogP contribution in [0.3, 0.4) is 0 Å². The summed E-state index contributed by atoms with van der Waals surface area (Å²) >= 11 is 0. The number of carbonyl (C=O) groups excluding carboxylic acids is 2. The highest BCUT2D eigenvalue weighted by molar-refractivity contribution is 6.76. The molecule has 1 amide bonds. The van der Waals surface area contributed by atoms with Crippen molar-refractivity contribution in [1.29, 1.82) is 0 Å². The molecule has 2 bridgehead atoms. The van der Waals surface area contributed by atoms with E-state index >= 15 is 0 Å². The number of carbonyl (C=O) groups is 2. The van der Waals surface area contributed by atoms with Crippen molar-refractivity contribution < 1.29 is 19.1 Å². The van der Waals surface area contributed by atoms with Crippen LogP contribution < -0.4 is 5.32 Å². The van der Waals surface area contributed by atoms with Crippen LogP contribution in [0.5, 0.6) is 0 Å². The Hall–Kier alpha value is -1.30. The first-order valence-electron chi connectivity index (χ1n) is 8.84. The van der Waals surface area contributed by atoms with E-state index in [0.717, 1.165) is 18.9 Å². The summed E-state index contributed by atoms with van der Waals surface area (Å²) in [5.41, 5.74) is 2.59. The van der Waals surface area contributed by atoms with Gasteiger partial charge in [-0.3, -0.25) is 4.79 Å². The smallest absolute Gasteiger partial charge is 0.407 e. The molecule has 0 aromatic heterocycles. The molecule has 5 nitrogen and oxygen atoms in total. The third-order valence-electron chi connectivity index (χ3n) is 5.26. The molecule has 0 aromatic rings. The SMILES string of the molecule is COC(=O)[C@H]1C2CCC(C2=C(C)C)C1NC(=O)OCC[Si](C)(C)C. The monoisotopic (exact) mass is 353 g/mol. The first-order chi connectivity index (χ1) is 11.2. The van der Waals surface area contributed by atoms with Gasteiger partial charge in [-0.15, -0.1) is 0 Å². The van der Waals surface area contributed by atoms with Crippen LogP contribution in [0.15, 0.2) is 11.1 Å². The summed E-state index contributed by atoms with van der Waals surface area (Å²) in [7, 11) is 0.185. The minimum Gasteiger partial charge on any atom is -0.469 e. The maximum absolute atomic E-state index is 12.3. The van der Waals surface area contributed by atoms with Crippen LogP contribution in [0.25, 0.3) is 0 Å². The van der Waals surface area contributed by atoms with Gasteiger partial charge in [-0.25, -0.2) is 4.79 Å². The fraction of sp³-hybridized carbons (Fsp3) is 0.778. The highest BCUT2D eigenvalue weighted by atomic mass is 28.3. The Morgan fingerprint density at radius 3 is 2.33 bits per heavy atom. The molecule has 2 rings (SSSR count). The zero-order valence-electron chi connectivity index (χ0n) is 15.8. The zero-order chi connectivity index (χ0) is 18.1. The van der Waals surface area contributed by atoms with E-state index in [2.05, 4.69) is 38.8 Å². The lowest BCUT2D eigenvalue weighted by atomic mass is 9.84. The van der Waals surface area contributed by atoms with Crippen molar-refractivity contribution in [2.75, 3.05) is 13.7 Å². The molecule has 136 valence electrons. The number of rotatable bonds is 5. The van der Waals surface area contributed by atoms with Crippen LogP contribution in [-0.4, -0.2) is 39.9 Å². The van der Waals surface area contributed by atoms with Crippen molar-refractivity contribution in [2.24, 2.45) is 17.8 Å². The first-order valence-corrected chi connectivity index (χ1v) is 12.5. The summed E-state index contributed by atoms with van der Waals surface area (Å²) < 4.78 is 10.4. The van der Waals surface area contributed by atoms with Gasteiger partial charge in [0, 0.05) is 14.0 Å². The van der Waals surface area contributed by atoms with Gasteiger partial charge in [-0.1, -0.05) is 30.8 Å². The summed E-state index contributed by atoms with van der Waals surface area (Å²) in [6.45, 7) is 11.4. The van der Waals surface area contributed by atoms with Crippen LogP contribution in [0, 0.1) is 17.8 Å². The van der Waals surface area contributed by atoms with E-state index in [1.54, 1.807) is 0 Å². The molecular formula is C18H31NO4Si. The second kappa shape index (κ2) is 7.29. The fourth-order valence-corrected chi connectivity index (χ4v) is 4.91. The summed E-state index contributed by atoms with van der Waals surface area (Å²) in [5, 5.41) is 2.97. The van der Waals surface area contributed by atoms with Crippen molar-refractivity contribution in [3.8, 4) is 0 Å². The van der Waals surface area contributed by atoms with Gasteiger partial charge in [0.2, 0.25) is 0 Å². The van der Waals surface area contributed by atoms with E-state index in [4.69, 9.17) is 9.47 Å². The molecule has 0 radical (unpaired) electrons. The first kappa shape index (κ1) is 19.0. The molecule has 6 heteroatoms. The molecule has 2 saturated carbocycles. The van der Waals surface area contributed by atoms with Crippen LogP contribution in [-0.2, 0) is 14.3 Å². The zero-order valence-corrected chi connectivity index (χ0v) is 16.8. The van der Waals surface area contributed by atoms with E-state index in [1.165, 1.54) is 18.3 Å². The van der Waals surface area contributed by atoms with Crippen molar-refractivity contribution in [2.45, 2.75) is 58.4 Å². The Morgan fingerprint density at radius 2 is 1.79 bits per heavy atom. The third-order valence-corrected chi connectivity index (χ3v) is 6.97. The number of alkyl carbamates (subject to hydrolysis) is 1. The number of nitrogens with one attached hydrogen (secondary N) is 1. The van der Waals surface area contributed by atoms with E-state index in [9.17, 15) is 9.59 Å². The molecule has 2 aliphatic rings. The molecule has 0 aliphatic heterocycles. The van der Waals surface area contributed by atoms with Crippen molar-refractivity contribution in [3.05, 3.63) is 11.1 Å². The third kappa shape index (κ3) is 4.02. The summed E-state index contributed by atoms with van der Waals surface area (Å²) in [4.78, 5) is 24.5. The van der Waals surface area contributed by atoms with Crippen LogP contribution in [0.4, 0.5) is 4.79 Å². The highest BCUT2D eigenvalue weighted by Crippen LogP contribution is 2.54. The molecule has 24 heavy (non-hydrogen) atoms. The van der Waals surface area contributed by atoms with E-state index in [0.29, 0.717) is 6.61 Å². The molecule has 2 aliphatic carbocycles. The van der Waals surface area contributed by atoms with E-state index in [1.807, 2.05) is 0 Å².